The molecule has 0 saturated carbocycles. The molecule has 1 aliphatic rings. The Hall–Kier alpha value is -2.90. The van der Waals surface area contributed by atoms with E-state index >= 15 is 0 Å². The summed E-state index contributed by atoms with van der Waals surface area (Å²) in [6.07, 6.45) is 2.48. The fourth-order valence-corrected chi connectivity index (χ4v) is 5.40. The molecule has 1 atom stereocenters. The van der Waals surface area contributed by atoms with Crippen LogP contribution in [0.1, 0.15) is 18.9 Å². The summed E-state index contributed by atoms with van der Waals surface area (Å²) in [4.78, 5) is 7.01. The van der Waals surface area contributed by atoms with Crippen molar-refractivity contribution in [1.29, 1.82) is 0 Å². The Labute approximate surface area is 184 Å². The number of likely N-dealkylation sites (tertiary alicyclic amines) is 1. The maximum Gasteiger partial charge on any atom is 0.265 e. The van der Waals surface area contributed by atoms with Gasteiger partial charge in [0.25, 0.3) is 10.0 Å². The first-order valence-electron chi connectivity index (χ1n) is 10.6. The molecule has 0 aliphatic carbocycles. The van der Waals surface area contributed by atoms with Crippen LogP contribution in [0.3, 0.4) is 0 Å². The van der Waals surface area contributed by atoms with Crippen molar-refractivity contribution in [2.75, 3.05) is 29.3 Å². The second kappa shape index (κ2) is 9.49. The van der Waals surface area contributed by atoms with Gasteiger partial charge in [-0.1, -0.05) is 48.5 Å². The van der Waals surface area contributed by atoms with Crippen LogP contribution in [0, 0.1) is 0 Å². The maximum absolute atomic E-state index is 13.1. The number of rotatable bonds is 8. The van der Waals surface area contributed by atoms with E-state index in [1.165, 1.54) is 16.1 Å². The van der Waals surface area contributed by atoms with Crippen LogP contribution in [0.2, 0.25) is 0 Å². The Morgan fingerprint density at radius 3 is 2.39 bits per heavy atom. The van der Waals surface area contributed by atoms with Crippen LogP contribution in [0.15, 0.2) is 83.9 Å². The van der Waals surface area contributed by atoms with Gasteiger partial charge in [0, 0.05) is 38.4 Å². The summed E-state index contributed by atoms with van der Waals surface area (Å²) in [5, 5.41) is 3.45. The van der Waals surface area contributed by atoms with E-state index in [2.05, 4.69) is 39.5 Å². The zero-order valence-electron chi connectivity index (χ0n) is 17.7. The van der Waals surface area contributed by atoms with E-state index < -0.39 is 10.0 Å². The van der Waals surface area contributed by atoms with Crippen molar-refractivity contribution < 1.29 is 8.42 Å². The van der Waals surface area contributed by atoms with E-state index in [0.29, 0.717) is 24.1 Å². The third kappa shape index (κ3) is 5.06. The highest BCUT2D eigenvalue weighted by Gasteiger charge is 2.25. The predicted octanol–water partition coefficient (Wildman–Crippen LogP) is 3.98. The summed E-state index contributed by atoms with van der Waals surface area (Å²) in [6.45, 7) is 5.09. The summed E-state index contributed by atoms with van der Waals surface area (Å²) in [5.41, 5.74) is 1.96. The van der Waals surface area contributed by atoms with Gasteiger partial charge in [-0.05, 0) is 43.2 Å². The van der Waals surface area contributed by atoms with Gasteiger partial charge in [0.15, 0.2) is 0 Å². The molecule has 0 amide bonds. The highest BCUT2D eigenvalue weighted by Crippen LogP contribution is 2.24. The molecule has 1 saturated heterocycles. The molecule has 0 radical (unpaired) electrons. The minimum Gasteiger partial charge on any atom is -0.366 e. The minimum atomic E-state index is -3.66. The van der Waals surface area contributed by atoms with Gasteiger partial charge in [-0.15, -0.1) is 0 Å². The molecule has 0 bridgehead atoms. The highest BCUT2D eigenvalue weighted by atomic mass is 32.2. The number of sulfonamides is 1. The van der Waals surface area contributed by atoms with Gasteiger partial charge in [-0.25, -0.2) is 13.4 Å². The third-order valence-electron chi connectivity index (χ3n) is 5.53. The highest BCUT2D eigenvalue weighted by molar-refractivity contribution is 7.92. The van der Waals surface area contributed by atoms with Crippen molar-refractivity contribution in [2.24, 2.45) is 0 Å². The van der Waals surface area contributed by atoms with E-state index in [4.69, 9.17) is 0 Å². The molecule has 1 N–H and O–H groups in total. The standard InChI is InChI=1S/C24H28N4O2S/c1-2-28(22-11-7-4-8-12-22)31(29,30)23-13-14-24(25-17-23)26-21-15-16-27(19-21)18-20-9-5-3-6-10-20/h3-14,17,21H,2,15-16,18-19H2,1H3,(H,25,26)/t21-/m1/s1. The Balaban J connectivity index is 1.39. The second-order valence-electron chi connectivity index (χ2n) is 7.74. The zero-order chi connectivity index (χ0) is 21.7. The van der Waals surface area contributed by atoms with Gasteiger partial charge in [0.2, 0.25) is 0 Å². The SMILES string of the molecule is CCN(c1ccccc1)S(=O)(=O)c1ccc(N[C@@H]2CCN(Cc3ccccc3)C2)nc1. The first-order chi connectivity index (χ1) is 15.1. The molecule has 1 fully saturated rings. The van der Waals surface area contributed by atoms with Gasteiger partial charge in [0.1, 0.15) is 10.7 Å². The number of anilines is 2. The zero-order valence-corrected chi connectivity index (χ0v) is 18.5. The lowest BCUT2D eigenvalue weighted by molar-refractivity contribution is 0.328. The van der Waals surface area contributed by atoms with Crippen LogP contribution in [0.25, 0.3) is 0 Å². The van der Waals surface area contributed by atoms with Crippen LogP contribution in [-0.4, -0.2) is 44.0 Å². The van der Waals surface area contributed by atoms with Gasteiger partial charge < -0.3 is 5.32 Å². The molecule has 2 heterocycles. The van der Waals surface area contributed by atoms with Crippen molar-refractivity contribution in [1.82, 2.24) is 9.88 Å². The van der Waals surface area contributed by atoms with E-state index in [0.717, 1.165) is 26.1 Å². The maximum atomic E-state index is 13.1. The number of nitrogens with zero attached hydrogens (tertiary/aromatic N) is 3. The van der Waals surface area contributed by atoms with Crippen LogP contribution < -0.4 is 9.62 Å². The van der Waals surface area contributed by atoms with Gasteiger partial charge in [-0.3, -0.25) is 9.21 Å². The Kier molecular flexibility index (Phi) is 6.53. The molecular formula is C24H28N4O2S. The number of para-hydroxylation sites is 1. The van der Waals surface area contributed by atoms with Crippen molar-refractivity contribution in [2.45, 2.75) is 30.8 Å². The van der Waals surface area contributed by atoms with E-state index in [-0.39, 0.29) is 4.90 Å². The predicted molar refractivity (Wildman–Crippen MR) is 125 cm³/mol. The van der Waals surface area contributed by atoms with Crippen LogP contribution in [-0.2, 0) is 16.6 Å². The lowest BCUT2D eigenvalue weighted by Gasteiger charge is -2.23. The normalized spacial score (nSPS) is 16.9. The number of nitrogens with one attached hydrogen (secondary N) is 1. The average molecular weight is 437 g/mol. The summed E-state index contributed by atoms with van der Waals surface area (Å²) < 4.78 is 27.6. The second-order valence-corrected chi connectivity index (χ2v) is 9.60. The van der Waals surface area contributed by atoms with E-state index in [1.807, 2.05) is 31.2 Å². The van der Waals surface area contributed by atoms with E-state index in [9.17, 15) is 8.42 Å². The summed E-state index contributed by atoms with van der Waals surface area (Å²) in [7, 11) is -3.66. The summed E-state index contributed by atoms with van der Waals surface area (Å²) >= 11 is 0. The number of benzene rings is 2. The molecule has 3 aromatic rings. The lowest BCUT2D eigenvalue weighted by Crippen LogP contribution is -2.31. The number of hydrogen-bond acceptors (Lipinski definition) is 5. The molecular weight excluding hydrogens is 408 g/mol. The Morgan fingerprint density at radius 2 is 1.74 bits per heavy atom. The topological polar surface area (TPSA) is 65.5 Å². The quantitative estimate of drug-likeness (QED) is 0.579. The van der Waals surface area contributed by atoms with Crippen LogP contribution in [0.5, 0.6) is 0 Å². The monoisotopic (exact) mass is 436 g/mol. The fraction of sp³-hybridized carbons (Fsp3) is 0.292. The van der Waals surface area contributed by atoms with Crippen LogP contribution in [0.4, 0.5) is 11.5 Å². The van der Waals surface area contributed by atoms with Crippen molar-refractivity contribution in [3.05, 3.63) is 84.6 Å². The van der Waals surface area contributed by atoms with Crippen LogP contribution >= 0.6 is 0 Å². The molecule has 0 unspecified atom stereocenters. The fourth-order valence-electron chi connectivity index (χ4n) is 3.98. The van der Waals surface area contributed by atoms with Gasteiger partial charge in [-0.2, -0.15) is 0 Å². The number of pyridine rings is 1. The van der Waals surface area contributed by atoms with Crippen molar-refractivity contribution in [3.63, 3.8) is 0 Å². The summed E-state index contributed by atoms with van der Waals surface area (Å²) in [6, 6.07) is 23.3. The average Bonchev–Trinajstić information content (AvgIpc) is 3.22. The molecule has 0 spiro atoms. The molecule has 7 heteroatoms. The van der Waals surface area contributed by atoms with Gasteiger partial charge in [0.05, 0.1) is 5.69 Å². The molecule has 2 aromatic carbocycles. The van der Waals surface area contributed by atoms with Gasteiger partial charge >= 0.3 is 0 Å². The third-order valence-corrected chi connectivity index (χ3v) is 7.42. The molecule has 4 rings (SSSR count). The Bertz CT molecular complexity index is 1070. The molecule has 6 nitrogen and oxygen atoms in total. The molecule has 1 aromatic heterocycles. The van der Waals surface area contributed by atoms with Crippen molar-refractivity contribution in [3.8, 4) is 0 Å². The first-order valence-corrected chi connectivity index (χ1v) is 12.1. The molecule has 162 valence electrons. The Morgan fingerprint density at radius 1 is 1.03 bits per heavy atom. The first kappa shape index (κ1) is 21.3. The summed E-state index contributed by atoms with van der Waals surface area (Å²) in [5.74, 6) is 0.702. The molecule has 1 aliphatic heterocycles. The lowest BCUT2D eigenvalue weighted by atomic mass is 10.2. The van der Waals surface area contributed by atoms with E-state index in [1.54, 1.807) is 24.3 Å². The minimum absolute atomic E-state index is 0.195. The largest absolute Gasteiger partial charge is 0.366 e. The molecule has 31 heavy (non-hydrogen) atoms. The van der Waals surface area contributed by atoms with Crippen molar-refractivity contribution >= 4 is 21.5 Å². The smallest absolute Gasteiger partial charge is 0.265 e. The number of hydrogen-bond donors (Lipinski definition) is 1. The number of aromatic nitrogens is 1.